The monoisotopic (exact) mass is 442 g/mol. The van der Waals surface area contributed by atoms with Crippen LogP contribution in [0.25, 0.3) is 0 Å². The lowest BCUT2D eigenvalue weighted by molar-refractivity contribution is 0.153. The van der Waals surface area contributed by atoms with Crippen molar-refractivity contribution < 1.29 is 9.84 Å². The summed E-state index contributed by atoms with van der Waals surface area (Å²) >= 11 is 3.46. The number of nitrogens with zero attached hydrogens (tertiary/aromatic N) is 1. The van der Waals surface area contributed by atoms with Gasteiger partial charge in [0.15, 0.2) is 11.5 Å². The molecule has 0 saturated carbocycles. The van der Waals surface area contributed by atoms with Gasteiger partial charge in [0.05, 0.1) is 11.1 Å². The number of benzene rings is 1. The first-order chi connectivity index (χ1) is 10.5. The van der Waals surface area contributed by atoms with Crippen molar-refractivity contribution in [3.05, 3.63) is 22.2 Å². The van der Waals surface area contributed by atoms with Gasteiger partial charge in [0.25, 0.3) is 0 Å². The van der Waals surface area contributed by atoms with Crippen LogP contribution < -0.4 is 10.1 Å². The van der Waals surface area contributed by atoms with Crippen molar-refractivity contribution in [2.24, 2.45) is 5.92 Å². The molecule has 7 heteroatoms. The molecule has 0 aromatic heterocycles. The highest BCUT2D eigenvalue weighted by atomic mass is 79.9. The first kappa shape index (κ1) is 23.8. The summed E-state index contributed by atoms with van der Waals surface area (Å²) in [6, 6.07) is 4.39. The predicted molar refractivity (Wildman–Crippen MR) is 108 cm³/mol. The topological polar surface area (TPSA) is 44.7 Å². The summed E-state index contributed by atoms with van der Waals surface area (Å²) in [5.41, 5.74) is 1.21. The normalized spacial score (nSPS) is 16.2. The quantitative estimate of drug-likeness (QED) is 0.684. The molecule has 1 aromatic rings. The van der Waals surface area contributed by atoms with Crippen molar-refractivity contribution in [3.63, 3.8) is 0 Å². The molecule has 0 aliphatic carbocycles. The van der Waals surface area contributed by atoms with E-state index in [0.29, 0.717) is 28.8 Å². The Morgan fingerprint density at radius 1 is 1.25 bits per heavy atom. The lowest BCUT2D eigenvalue weighted by atomic mass is 9.94. The summed E-state index contributed by atoms with van der Waals surface area (Å²) in [4.78, 5) is 2.53. The van der Waals surface area contributed by atoms with E-state index in [2.05, 4.69) is 40.0 Å². The van der Waals surface area contributed by atoms with Crippen LogP contribution in [0.2, 0.25) is 0 Å². The van der Waals surface area contributed by atoms with E-state index in [-0.39, 0.29) is 30.6 Å². The van der Waals surface area contributed by atoms with Crippen LogP contribution >= 0.6 is 40.7 Å². The highest BCUT2D eigenvalue weighted by Gasteiger charge is 2.25. The lowest BCUT2D eigenvalue weighted by Gasteiger charge is -2.36. The van der Waals surface area contributed by atoms with E-state index in [1.54, 1.807) is 0 Å². The van der Waals surface area contributed by atoms with Crippen molar-refractivity contribution in [3.8, 4) is 11.5 Å². The molecule has 0 spiro atoms. The largest absolute Gasteiger partial charge is 0.503 e. The van der Waals surface area contributed by atoms with Crippen molar-refractivity contribution >= 4 is 40.7 Å². The molecule has 0 amide bonds. The van der Waals surface area contributed by atoms with Gasteiger partial charge >= 0.3 is 0 Å². The van der Waals surface area contributed by atoms with Gasteiger partial charge in [-0.25, -0.2) is 0 Å². The van der Waals surface area contributed by atoms with Crippen LogP contribution in [0.5, 0.6) is 11.5 Å². The van der Waals surface area contributed by atoms with Crippen LogP contribution in [0, 0.1) is 5.92 Å². The Morgan fingerprint density at radius 2 is 1.88 bits per heavy atom. The third-order valence-corrected chi connectivity index (χ3v) is 4.63. The summed E-state index contributed by atoms with van der Waals surface area (Å²) in [6.45, 7) is 11.2. The molecule has 2 N–H and O–H groups in total. The summed E-state index contributed by atoms with van der Waals surface area (Å²) in [7, 11) is 0. The van der Waals surface area contributed by atoms with E-state index >= 15 is 0 Å². The minimum atomic E-state index is 0. The van der Waals surface area contributed by atoms with Crippen LogP contribution in [-0.4, -0.2) is 42.8 Å². The van der Waals surface area contributed by atoms with Gasteiger partial charge < -0.3 is 15.2 Å². The zero-order chi connectivity index (χ0) is 16.1. The minimum Gasteiger partial charge on any atom is -0.503 e. The molecule has 0 bridgehead atoms. The van der Waals surface area contributed by atoms with Gasteiger partial charge in [0, 0.05) is 32.2 Å². The first-order valence-electron chi connectivity index (χ1n) is 8.12. The van der Waals surface area contributed by atoms with Gasteiger partial charge in [-0.1, -0.05) is 13.8 Å². The number of hydrogen-bond donors (Lipinski definition) is 2. The number of nitrogens with one attached hydrogen (secondary N) is 1. The van der Waals surface area contributed by atoms with E-state index in [9.17, 15) is 5.11 Å². The summed E-state index contributed by atoms with van der Waals surface area (Å²) in [5.74, 6) is 1.37. The van der Waals surface area contributed by atoms with E-state index in [4.69, 9.17) is 4.74 Å². The fourth-order valence-electron chi connectivity index (χ4n) is 2.99. The molecular weight excluding hydrogens is 415 g/mol. The Hall–Kier alpha value is -0.200. The fraction of sp³-hybridized carbons (Fsp3) is 0.647. The molecule has 1 aliphatic rings. The number of ether oxygens (including phenoxy) is 1. The summed E-state index contributed by atoms with van der Waals surface area (Å²) in [5, 5.41) is 13.5. The molecule has 1 saturated heterocycles. The number of phenolic OH excluding ortho intramolecular Hbond substituents is 1. The SMILES string of the molecule is CCOc1cc([C@H](CC(C)C)N2CCNCC2)cc(Br)c1O.Cl.Cl. The Labute approximate surface area is 166 Å². The maximum Gasteiger partial charge on any atom is 0.172 e. The number of aromatic hydroxyl groups is 1. The van der Waals surface area contributed by atoms with Gasteiger partial charge in [-0.3, -0.25) is 4.90 Å². The molecule has 1 atom stereocenters. The highest BCUT2D eigenvalue weighted by molar-refractivity contribution is 9.10. The van der Waals surface area contributed by atoms with Crippen molar-refractivity contribution in [1.82, 2.24) is 10.2 Å². The zero-order valence-corrected chi connectivity index (χ0v) is 17.8. The second-order valence-electron chi connectivity index (χ2n) is 6.21. The third-order valence-electron chi connectivity index (χ3n) is 4.02. The lowest BCUT2D eigenvalue weighted by Crippen LogP contribution is -2.45. The molecule has 0 unspecified atom stereocenters. The molecule has 1 heterocycles. The summed E-state index contributed by atoms with van der Waals surface area (Å²) in [6.07, 6.45) is 1.10. The maximum atomic E-state index is 10.1. The van der Waals surface area contributed by atoms with Crippen molar-refractivity contribution in [2.75, 3.05) is 32.8 Å². The number of phenols is 1. The smallest absolute Gasteiger partial charge is 0.172 e. The fourth-order valence-corrected chi connectivity index (χ4v) is 3.45. The zero-order valence-electron chi connectivity index (χ0n) is 14.5. The van der Waals surface area contributed by atoms with Gasteiger partial charge in [-0.05, 0) is 52.9 Å². The maximum absolute atomic E-state index is 10.1. The van der Waals surface area contributed by atoms with Gasteiger partial charge in [0.1, 0.15) is 0 Å². The van der Waals surface area contributed by atoms with Gasteiger partial charge in [-0.2, -0.15) is 0 Å². The van der Waals surface area contributed by atoms with Crippen molar-refractivity contribution in [2.45, 2.75) is 33.2 Å². The third kappa shape index (κ3) is 6.26. The van der Waals surface area contributed by atoms with E-state index in [1.807, 2.05) is 19.1 Å². The molecule has 4 nitrogen and oxygen atoms in total. The van der Waals surface area contributed by atoms with Gasteiger partial charge in [0.2, 0.25) is 0 Å². The van der Waals surface area contributed by atoms with E-state index < -0.39 is 0 Å². The average Bonchev–Trinajstić information content (AvgIpc) is 2.50. The second-order valence-corrected chi connectivity index (χ2v) is 7.07. The molecule has 0 radical (unpaired) electrons. The molecule has 140 valence electrons. The predicted octanol–water partition coefficient (Wildman–Crippen LogP) is 4.39. The molecule has 1 aliphatic heterocycles. The number of rotatable bonds is 6. The molecule has 1 aromatic carbocycles. The Morgan fingerprint density at radius 3 is 2.42 bits per heavy atom. The molecular formula is C17H29BrCl2N2O2. The molecule has 2 rings (SSSR count). The Kier molecular flexibility index (Phi) is 11.3. The Bertz CT molecular complexity index is 498. The van der Waals surface area contributed by atoms with Crippen LogP contribution in [0.4, 0.5) is 0 Å². The van der Waals surface area contributed by atoms with E-state index in [1.165, 1.54) is 5.56 Å². The van der Waals surface area contributed by atoms with Gasteiger partial charge in [-0.15, -0.1) is 24.8 Å². The van der Waals surface area contributed by atoms with Crippen LogP contribution in [0.1, 0.15) is 38.8 Å². The molecule has 1 fully saturated rings. The van der Waals surface area contributed by atoms with Crippen molar-refractivity contribution in [1.29, 1.82) is 0 Å². The number of piperazine rings is 1. The average molecular weight is 444 g/mol. The van der Waals surface area contributed by atoms with E-state index in [0.717, 1.165) is 32.6 Å². The number of halogens is 3. The van der Waals surface area contributed by atoms with Crippen LogP contribution in [-0.2, 0) is 0 Å². The Balaban J connectivity index is 0.00000264. The second kappa shape index (κ2) is 11.4. The van der Waals surface area contributed by atoms with Crippen LogP contribution in [0.3, 0.4) is 0 Å². The highest BCUT2D eigenvalue weighted by Crippen LogP contribution is 2.39. The standard InChI is InChI=1S/C17H27BrN2O2.2ClH/c1-4-22-16-11-13(10-14(18)17(16)21)15(9-12(2)3)20-7-5-19-6-8-20;;/h10-12,15,19,21H,4-9H2,1-3H3;2*1H/t15-;;/m0../s1. The molecule has 24 heavy (non-hydrogen) atoms. The minimum absolute atomic E-state index is 0. The van der Waals surface area contributed by atoms with Crippen LogP contribution in [0.15, 0.2) is 16.6 Å². The number of hydrogen-bond acceptors (Lipinski definition) is 4. The first-order valence-corrected chi connectivity index (χ1v) is 8.92. The summed E-state index contributed by atoms with van der Waals surface area (Å²) < 4.78 is 6.30.